The van der Waals surface area contributed by atoms with Gasteiger partial charge in [-0.1, -0.05) is 5.16 Å². The summed E-state index contributed by atoms with van der Waals surface area (Å²) in [5, 5.41) is 6.79. The van der Waals surface area contributed by atoms with Gasteiger partial charge >= 0.3 is 6.18 Å². The highest BCUT2D eigenvalue weighted by molar-refractivity contribution is 8.05. The van der Waals surface area contributed by atoms with Gasteiger partial charge in [0.1, 0.15) is 11.7 Å². The Hall–Kier alpha value is -1.78. The minimum absolute atomic E-state index is 0.00420. The quantitative estimate of drug-likeness (QED) is 0.763. The fourth-order valence-corrected chi connectivity index (χ4v) is 4.79. The summed E-state index contributed by atoms with van der Waals surface area (Å²) in [4.78, 5) is 5.05. The Balaban J connectivity index is 1.97. The van der Waals surface area contributed by atoms with E-state index in [2.05, 4.69) is 10.3 Å². The molecule has 0 unspecified atom stereocenters. The minimum atomic E-state index is -4.80. The second kappa shape index (κ2) is 6.68. The van der Waals surface area contributed by atoms with Crippen LogP contribution >= 0.6 is 0 Å². The molecule has 1 aromatic heterocycles. The zero-order chi connectivity index (χ0) is 20.0. The van der Waals surface area contributed by atoms with Gasteiger partial charge in [0, 0.05) is 13.5 Å². The van der Waals surface area contributed by atoms with Crippen molar-refractivity contribution in [1.82, 2.24) is 9.78 Å². The third-order valence-corrected chi connectivity index (χ3v) is 6.21. The molecule has 3 rings (SSSR count). The lowest BCUT2D eigenvalue weighted by Crippen LogP contribution is -2.24. The third kappa shape index (κ3) is 4.22. The van der Waals surface area contributed by atoms with E-state index in [0.717, 1.165) is 17.5 Å². The van der Waals surface area contributed by atoms with Crippen molar-refractivity contribution >= 4 is 14.9 Å². The van der Waals surface area contributed by atoms with Crippen molar-refractivity contribution in [2.24, 2.45) is 12.2 Å². The van der Waals surface area contributed by atoms with Gasteiger partial charge in [0.2, 0.25) is 5.88 Å². The standard InChI is InChI=1S/C16H22F3N3O4S/c1-15(2)8-12(21-26-15)27(23,24)9-11-13(16(17,18)19)20-22(3)14(11)25-10-6-4-5-7-10/h10H,4-9H2,1-3H3. The van der Waals surface area contributed by atoms with E-state index in [0.29, 0.717) is 12.8 Å². The van der Waals surface area contributed by atoms with Crippen molar-refractivity contribution in [3.8, 4) is 5.88 Å². The van der Waals surface area contributed by atoms with E-state index in [4.69, 9.17) is 9.57 Å². The van der Waals surface area contributed by atoms with Crippen molar-refractivity contribution in [2.45, 2.75) is 69.6 Å². The molecule has 1 saturated carbocycles. The molecule has 2 heterocycles. The molecule has 1 aliphatic heterocycles. The summed E-state index contributed by atoms with van der Waals surface area (Å²) < 4.78 is 72.4. The van der Waals surface area contributed by atoms with E-state index < -0.39 is 38.6 Å². The zero-order valence-corrected chi connectivity index (χ0v) is 16.2. The van der Waals surface area contributed by atoms with Crippen LogP contribution in [0.1, 0.15) is 57.2 Å². The van der Waals surface area contributed by atoms with Crippen molar-refractivity contribution in [2.75, 3.05) is 0 Å². The first-order valence-corrected chi connectivity index (χ1v) is 10.3. The smallest absolute Gasteiger partial charge is 0.435 e. The predicted molar refractivity (Wildman–Crippen MR) is 90.9 cm³/mol. The highest BCUT2D eigenvalue weighted by atomic mass is 32.2. The van der Waals surface area contributed by atoms with Gasteiger partial charge < -0.3 is 9.57 Å². The summed E-state index contributed by atoms with van der Waals surface area (Å²) in [7, 11) is -2.80. The van der Waals surface area contributed by atoms with Gasteiger partial charge in [-0.05, 0) is 39.5 Å². The highest BCUT2D eigenvalue weighted by Gasteiger charge is 2.43. The van der Waals surface area contributed by atoms with Gasteiger partial charge in [-0.25, -0.2) is 13.1 Å². The van der Waals surface area contributed by atoms with Gasteiger partial charge in [0.25, 0.3) is 0 Å². The molecule has 1 aromatic rings. The van der Waals surface area contributed by atoms with Gasteiger partial charge in [0.15, 0.2) is 20.6 Å². The second-order valence-corrected chi connectivity index (χ2v) is 9.54. The fraction of sp³-hybridized carbons (Fsp3) is 0.750. The number of hydrogen-bond donors (Lipinski definition) is 0. The van der Waals surface area contributed by atoms with E-state index in [1.165, 1.54) is 7.05 Å². The molecule has 7 nitrogen and oxygen atoms in total. The van der Waals surface area contributed by atoms with Gasteiger partial charge in [-0.15, -0.1) is 0 Å². The molecule has 1 aliphatic carbocycles. The van der Waals surface area contributed by atoms with Crippen LogP contribution in [0.15, 0.2) is 5.16 Å². The molecule has 0 atom stereocenters. The van der Waals surface area contributed by atoms with Crippen LogP contribution < -0.4 is 4.74 Å². The third-order valence-electron chi connectivity index (χ3n) is 4.60. The van der Waals surface area contributed by atoms with Crippen LogP contribution in [0, 0.1) is 0 Å². The molecule has 152 valence electrons. The van der Waals surface area contributed by atoms with Crippen molar-refractivity contribution in [3.05, 3.63) is 11.3 Å². The number of hydrogen-bond acceptors (Lipinski definition) is 6. The van der Waals surface area contributed by atoms with E-state index in [9.17, 15) is 21.6 Å². The van der Waals surface area contributed by atoms with Gasteiger partial charge in [0.05, 0.1) is 11.3 Å². The number of rotatable bonds is 4. The molecular weight excluding hydrogens is 387 g/mol. The summed E-state index contributed by atoms with van der Waals surface area (Å²) in [5.41, 5.74) is -2.54. The number of nitrogens with zero attached hydrogens (tertiary/aromatic N) is 3. The molecule has 0 N–H and O–H groups in total. The molecule has 1 fully saturated rings. The maximum absolute atomic E-state index is 13.4. The Labute approximate surface area is 155 Å². The van der Waals surface area contributed by atoms with Crippen molar-refractivity contribution < 1.29 is 31.2 Å². The summed E-state index contributed by atoms with van der Waals surface area (Å²) >= 11 is 0. The number of halogens is 3. The van der Waals surface area contributed by atoms with Crippen molar-refractivity contribution in [3.63, 3.8) is 0 Å². The van der Waals surface area contributed by atoms with Crippen LogP contribution in [0.2, 0.25) is 0 Å². The Morgan fingerprint density at radius 2 is 1.93 bits per heavy atom. The Morgan fingerprint density at radius 1 is 1.30 bits per heavy atom. The normalized spacial score (nSPS) is 20.6. The van der Waals surface area contributed by atoms with E-state index in [1.807, 2.05) is 0 Å². The number of aryl methyl sites for hydroxylation is 1. The van der Waals surface area contributed by atoms with Gasteiger partial charge in [-0.2, -0.15) is 18.3 Å². The molecule has 2 aliphatic rings. The number of oxime groups is 1. The summed E-state index contributed by atoms with van der Waals surface area (Å²) in [6.07, 6.45) is -1.77. The fourth-order valence-electron chi connectivity index (χ4n) is 3.27. The zero-order valence-electron chi connectivity index (χ0n) is 15.3. The number of aromatic nitrogens is 2. The van der Waals surface area contributed by atoms with Crippen LogP contribution in [0.5, 0.6) is 5.88 Å². The number of sulfone groups is 1. The Kier molecular flexibility index (Phi) is 4.94. The summed E-state index contributed by atoms with van der Waals surface area (Å²) in [6.45, 7) is 3.30. The van der Waals surface area contributed by atoms with Crippen LogP contribution in [0.4, 0.5) is 13.2 Å². The van der Waals surface area contributed by atoms with Crippen LogP contribution in [-0.4, -0.2) is 34.9 Å². The van der Waals surface area contributed by atoms with Gasteiger partial charge in [-0.3, -0.25) is 0 Å². The highest BCUT2D eigenvalue weighted by Crippen LogP contribution is 2.38. The SMILES string of the molecule is Cn1nc(C(F)(F)F)c(CS(=O)(=O)C2=NOC(C)(C)C2)c1OC1CCCC1. The lowest BCUT2D eigenvalue weighted by molar-refractivity contribution is -0.141. The number of alkyl halides is 3. The number of ether oxygens (including phenoxy) is 1. The Bertz CT molecular complexity index is 853. The van der Waals surface area contributed by atoms with Crippen molar-refractivity contribution in [1.29, 1.82) is 0 Å². The molecule has 27 heavy (non-hydrogen) atoms. The monoisotopic (exact) mass is 409 g/mol. The average molecular weight is 409 g/mol. The molecule has 0 saturated heterocycles. The van der Waals surface area contributed by atoms with E-state index in [-0.39, 0.29) is 23.4 Å². The van der Waals surface area contributed by atoms with Crippen LogP contribution in [-0.2, 0) is 33.7 Å². The average Bonchev–Trinajstić information content (AvgIpc) is 3.22. The maximum atomic E-state index is 13.4. The lowest BCUT2D eigenvalue weighted by Gasteiger charge is -2.15. The molecule has 0 bridgehead atoms. The Morgan fingerprint density at radius 3 is 2.44 bits per heavy atom. The second-order valence-electron chi connectivity index (χ2n) is 7.55. The topological polar surface area (TPSA) is 82.8 Å². The molecule has 0 radical (unpaired) electrons. The van der Waals surface area contributed by atoms with Crippen LogP contribution in [0.3, 0.4) is 0 Å². The van der Waals surface area contributed by atoms with E-state index in [1.54, 1.807) is 13.8 Å². The maximum Gasteiger partial charge on any atom is 0.435 e. The minimum Gasteiger partial charge on any atom is -0.474 e. The molecule has 0 amide bonds. The van der Waals surface area contributed by atoms with E-state index >= 15 is 0 Å². The van der Waals surface area contributed by atoms with Crippen LogP contribution in [0.25, 0.3) is 0 Å². The summed E-state index contributed by atoms with van der Waals surface area (Å²) in [5.74, 6) is -1.05. The molecule has 0 spiro atoms. The lowest BCUT2D eigenvalue weighted by atomic mass is 10.1. The first-order chi connectivity index (χ1) is 12.4. The first kappa shape index (κ1) is 20.0. The largest absolute Gasteiger partial charge is 0.474 e. The molecular formula is C16H22F3N3O4S. The first-order valence-electron chi connectivity index (χ1n) is 8.66. The predicted octanol–water partition coefficient (Wildman–Crippen LogP) is 3.19. The summed E-state index contributed by atoms with van der Waals surface area (Å²) in [6, 6.07) is 0. The molecule has 11 heteroatoms. The molecule has 0 aromatic carbocycles.